The molecule has 0 saturated heterocycles. The van der Waals surface area contributed by atoms with Crippen molar-refractivity contribution in [1.82, 2.24) is 19.6 Å². The Morgan fingerprint density at radius 2 is 1.54 bits per heavy atom. The Labute approximate surface area is 208 Å². The normalized spacial score (nSPS) is 12.9. The monoisotopic (exact) mass is 581 g/mol. The van der Waals surface area contributed by atoms with Crippen molar-refractivity contribution >= 4 is 5.91 Å². The van der Waals surface area contributed by atoms with Gasteiger partial charge in [-0.15, -0.1) is 5.10 Å². The number of carbonyl (C=O) groups is 1. The Morgan fingerprint density at radius 1 is 0.949 bits per heavy atom. The highest BCUT2D eigenvalue weighted by Crippen LogP contribution is 2.47. The summed E-state index contributed by atoms with van der Waals surface area (Å²) in [5.74, 6) is -8.53. The average molecular weight is 581 g/mol. The maximum atomic E-state index is 14.1. The number of aryl methyl sites for hydroxylation is 1. The zero-order valence-electron chi connectivity index (χ0n) is 18.7. The number of alkyl halides is 11. The maximum Gasteiger partial charge on any atom is 0.455 e. The second kappa shape index (κ2) is 9.53. The quantitative estimate of drug-likeness (QED) is 0.378. The summed E-state index contributed by atoms with van der Waals surface area (Å²) in [6.07, 6.45) is -23.5. The van der Waals surface area contributed by atoms with Gasteiger partial charge in [-0.25, -0.2) is 13.8 Å². The number of nitrogens with zero attached hydrogens (tertiary/aromatic N) is 4. The predicted octanol–water partition coefficient (Wildman–Crippen LogP) is 5.71. The second-order valence-electron chi connectivity index (χ2n) is 7.55. The minimum Gasteiger partial charge on any atom is -0.407 e. The Bertz CT molecular complexity index is 1410. The van der Waals surface area contributed by atoms with Gasteiger partial charge in [0.1, 0.15) is 0 Å². The first-order valence-corrected chi connectivity index (χ1v) is 9.85. The molecule has 0 aliphatic rings. The molecule has 0 fully saturated rings. The molecule has 212 valence electrons. The fourth-order valence-corrected chi connectivity index (χ4v) is 3.23. The summed E-state index contributed by atoms with van der Waals surface area (Å²) in [7, 11) is 0.716. The van der Waals surface area contributed by atoms with Crippen molar-refractivity contribution in [2.75, 3.05) is 0 Å². The minimum atomic E-state index is -6.71. The number of hydrogen-bond acceptors (Lipinski definition) is 4. The van der Waals surface area contributed by atoms with Crippen LogP contribution < -0.4 is 10.5 Å². The lowest BCUT2D eigenvalue weighted by Crippen LogP contribution is -2.35. The molecule has 0 spiro atoms. The van der Waals surface area contributed by atoms with Crippen LogP contribution in [0.15, 0.2) is 48.1 Å². The third-order valence-corrected chi connectivity index (χ3v) is 4.82. The summed E-state index contributed by atoms with van der Waals surface area (Å²) < 4.78 is 164. The van der Waals surface area contributed by atoms with Gasteiger partial charge in [0.05, 0.1) is 6.20 Å². The lowest BCUT2D eigenvalue weighted by molar-refractivity contribution is -0.200. The van der Waals surface area contributed by atoms with Gasteiger partial charge in [0.2, 0.25) is 11.7 Å². The Balaban J connectivity index is 2.14. The van der Waals surface area contributed by atoms with Crippen molar-refractivity contribution in [2.24, 2.45) is 12.8 Å². The van der Waals surface area contributed by atoms with E-state index in [9.17, 15) is 57.5 Å². The third kappa shape index (κ3) is 5.95. The van der Waals surface area contributed by atoms with Crippen LogP contribution in [0.2, 0.25) is 0 Å². The molecule has 1 aromatic carbocycles. The van der Waals surface area contributed by atoms with Gasteiger partial charge in [-0.05, 0) is 17.7 Å². The molecule has 39 heavy (non-hydrogen) atoms. The largest absolute Gasteiger partial charge is 0.455 e. The van der Waals surface area contributed by atoms with Crippen LogP contribution in [0.3, 0.4) is 0 Å². The van der Waals surface area contributed by atoms with Crippen LogP contribution in [0.25, 0.3) is 16.9 Å². The lowest BCUT2D eigenvalue weighted by atomic mass is 10.1. The van der Waals surface area contributed by atoms with Crippen LogP contribution in [0.1, 0.15) is 15.9 Å². The van der Waals surface area contributed by atoms with Gasteiger partial charge < -0.3 is 10.5 Å². The number of primary amides is 1. The number of ether oxygens (including phenoxy) is 1. The zero-order valence-corrected chi connectivity index (χ0v) is 18.7. The van der Waals surface area contributed by atoms with Crippen molar-refractivity contribution < 1.29 is 62.2 Å². The molecule has 3 aromatic rings. The van der Waals surface area contributed by atoms with Crippen molar-refractivity contribution in [3.05, 3.63) is 59.2 Å². The van der Waals surface area contributed by atoms with Gasteiger partial charge in [0, 0.05) is 24.4 Å². The lowest BCUT2D eigenvalue weighted by Gasteiger charge is -2.21. The molecule has 1 amide bonds. The number of amides is 1. The summed E-state index contributed by atoms with van der Waals surface area (Å²) in [6.45, 7) is 0. The Morgan fingerprint density at radius 3 is 2.05 bits per heavy atom. The molecule has 2 N–H and O–H groups in total. The summed E-state index contributed by atoms with van der Waals surface area (Å²) >= 11 is 0. The number of nitrogens with two attached hydrogens (primary N) is 1. The molecular weight excluding hydrogens is 570 g/mol. The highest BCUT2D eigenvalue weighted by atomic mass is 19.4. The molecule has 2 aromatic heterocycles. The second-order valence-corrected chi connectivity index (χ2v) is 7.55. The molecule has 0 atom stereocenters. The predicted molar refractivity (Wildman–Crippen MR) is 105 cm³/mol. The third-order valence-electron chi connectivity index (χ3n) is 4.82. The van der Waals surface area contributed by atoms with Crippen molar-refractivity contribution in [3.63, 3.8) is 0 Å². The van der Waals surface area contributed by atoms with E-state index in [1.807, 2.05) is 0 Å². The van der Waals surface area contributed by atoms with E-state index < -0.39 is 59.2 Å². The Hall–Kier alpha value is -4.19. The zero-order chi connectivity index (χ0) is 29.7. The molecule has 0 unspecified atom stereocenters. The molecule has 0 aliphatic heterocycles. The van der Waals surface area contributed by atoms with Crippen LogP contribution >= 0.6 is 0 Å². The number of allylic oxidation sites excluding steroid dienone is 1. The van der Waals surface area contributed by atoms with Crippen molar-refractivity contribution in [3.8, 4) is 22.8 Å². The SMILES string of the molecule is Cn1nc(OC(F)(F)C(F)=C(C(F)(F)F)C(F)(F)F)c(C(F)(F)F)c1-n1cc(-c2cccc(C(N)=O)c2)cn1. The van der Waals surface area contributed by atoms with E-state index in [4.69, 9.17) is 5.73 Å². The number of rotatable bonds is 6. The summed E-state index contributed by atoms with van der Waals surface area (Å²) in [5, 5.41) is 6.57. The summed E-state index contributed by atoms with van der Waals surface area (Å²) in [6, 6.07) is 5.31. The van der Waals surface area contributed by atoms with E-state index in [0.29, 0.717) is 11.7 Å². The Kier molecular flexibility index (Phi) is 7.17. The van der Waals surface area contributed by atoms with E-state index in [1.54, 1.807) is 0 Å². The number of aromatic nitrogens is 4. The average Bonchev–Trinajstić information content (AvgIpc) is 3.35. The van der Waals surface area contributed by atoms with E-state index >= 15 is 0 Å². The minimum absolute atomic E-state index is 0.00171. The molecule has 2 heterocycles. The van der Waals surface area contributed by atoms with Gasteiger partial charge in [-0.1, -0.05) is 12.1 Å². The van der Waals surface area contributed by atoms with Crippen LogP contribution in [-0.2, 0) is 13.2 Å². The van der Waals surface area contributed by atoms with Crippen LogP contribution in [0, 0.1) is 0 Å². The van der Waals surface area contributed by atoms with Gasteiger partial charge >= 0.3 is 24.6 Å². The van der Waals surface area contributed by atoms with Crippen LogP contribution in [-0.4, -0.2) is 43.9 Å². The first-order valence-electron chi connectivity index (χ1n) is 9.85. The van der Waals surface area contributed by atoms with E-state index in [1.165, 1.54) is 24.3 Å². The van der Waals surface area contributed by atoms with Gasteiger partial charge in [0.15, 0.2) is 17.0 Å². The van der Waals surface area contributed by atoms with Crippen LogP contribution in [0.5, 0.6) is 5.88 Å². The van der Waals surface area contributed by atoms with E-state index in [0.717, 1.165) is 12.4 Å². The number of hydrogen-bond donors (Lipinski definition) is 1. The van der Waals surface area contributed by atoms with Crippen molar-refractivity contribution in [2.45, 2.75) is 24.6 Å². The molecule has 0 aliphatic carbocycles. The first kappa shape index (κ1) is 29.4. The van der Waals surface area contributed by atoms with Crippen LogP contribution in [0.4, 0.5) is 52.7 Å². The topological polar surface area (TPSA) is 88.0 Å². The maximum absolute atomic E-state index is 14.1. The molecule has 0 saturated carbocycles. The molecule has 0 bridgehead atoms. The van der Waals surface area contributed by atoms with Gasteiger partial charge in [0.25, 0.3) is 5.88 Å². The number of benzene rings is 1. The van der Waals surface area contributed by atoms with Gasteiger partial charge in [-0.3, -0.25) is 4.79 Å². The molecular formula is C20H11F12N5O2. The smallest absolute Gasteiger partial charge is 0.407 e. The van der Waals surface area contributed by atoms with E-state index in [-0.39, 0.29) is 21.4 Å². The summed E-state index contributed by atoms with van der Waals surface area (Å²) in [4.78, 5) is 11.4. The van der Waals surface area contributed by atoms with Crippen molar-refractivity contribution in [1.29, 1.82) is 0 Å². The van der Waals surface area contributed by atoms with Gasteiger partial charge in [-0.2, -0.15) is 53.4 Å². The highest BCUT2D eigenvalue weighted by Gasteiger charge is 2.60. The molecule has 3 rings (SSSR count). The summed E-state index contributed by atoms with van der Waals surface area (Å²) in [5.41, 5.74) is -1.14. The fourth-order valence-electron chi connectivity index (χ4n) is 3.23. The fraction of sp³-hybridized carbons (Fsp3) is 0.250. The molecule has 0 radical (unpaired) electrons. The molecule has 7 nitrogen and oxygen atoms in total. The number of halogens is 12. The molecule has 19 heteroatoms. The highest BCUT2D eigenvalue weighted by molar-refractivity contribution is 5.94. The number of carbonyl (C=O) groups excluding carboxylic acids is 1. The standard InChI is InChI=1S/C20H11F12N5O2/c1-36-16(37-7-10(6-34-37)8-3-2-4-9(5-8)14(33)38)11(17(22,23)24)15(35-36)39-20(31,32)13(21)12(18(25,26)27)19(28,29)30/h2-7H,1H3,(H2,33,38). The van der Waals surface area contributed by atoms with E-state index in [2.05, 4.69) is 14.9 Å². The first-order chi connectivity index (χ1) is 17.6.